The van der Waals surface area contributed by atoms with Crippen LogP contribution in [0, 0.1) is 11.8 Å². The van der Waals surface area contributed by atoms with E-state index in [0.29, 0.717) is 24.8 Å². The standard InChI is InChI=1S/C27H33N5O5S/c1-4-6-16-37-25(36)21-20-23(34)31(14-15-33)22(27(20)12-11-26(21,3)38-27)24(35)30(13-5-2)17-32-19-10-8-7-9-18(19)28-29-32/h4-5,7-10,20-22,33H,1-2,6,11-17H2,3H3/t20-,21+,22?,26-,27?/m0/s1. The Morgan fingerprint density at radius 3 is 2.82 bits per heavy atom. The molecule has 2 aromatic rings. The van der Waals surface area contributed by atoms with Crippen molar-refractivity contribution >= 4 is 40.6 Å². The number of ether oxygens (including phenoxy) is 1. The van der Waals surface area contributed by atoms with Gasteiger partial charge in [-0.05, 0) is 38.3 Å². The number of hydrogen-bond donors (Lipinski definition) is 1. The average Bonchev–Trinajstić information content (AvgIpc) is 3.60. The second kappa shape index (κ2) is 10.2. The number of nitrogens with zero attached hydrogens (tertiary/aromatic N) is 5. The van der Waals surface area contributed by atoms with E-state index < -0.39 is 33.3 Å². The molecule has 4 heterocycles. The summed E-state index contributed by atoms with van der Waals surface area (Å²) in [6.45, 7) is 9.78. The van der Waals surface area contributed by atoms with Gasteiger partial charge in [0.2, 0.25) is 11.8 Å². The third-order valence-electron chi connectivity index (χ3n) is 8.06. The number of hydrogen-bond acceptors (Lipinski definition) is 8. The summed E-state index contributed by atoms with van der Waals surface area (Å²) in [7, 11) is 0. The lowest BCUT2D eigenvalue weighted by Gasteiger charge is -2.37. The Bertz CT molecular complexity index is 1280. The third-order valence-corrected chi connectivity index (χ3v) is 10.0. The van der Waals surface area contributed by atoms with E-state index in [1.54, 1.807) is 33.5 Å². The summed E-state index contributed by atoms with van der Waals surface area (Å²) in [5, 5.41) is 18.3. The maximum Gasteiger partial charge on any atom is 0.311 e. The number of thioether (sulfide) groups is 1. The molecule has 10 nitrogen and oxygen atoms in total. The van der Waals surface area contributed by atoms with Crippen molar-refractivity contribution in [3.05, 3.63) is 49.6 Å². The first-order chi connectivity index (χ1) is 18.3. The van der Waals surface area contributed by atoms with Crippen LogP contribution in [0.5, 0.6) is 0 Å². The van der Waals surface area contributed by atoms with Gasteiger partial charge in [0.05, 0.1) is 35.3 Å². The Labute approximate surface area is 225 Å². The number of para-hydroxylation sites is 1. The van der Waals surface area contributed by atoms with Gasteiger partial charge in [-0.2, -0.15) is 0 Å². The molecule has 3 saturated heterocycles. The predicted octanol–water partition coefficient (Wildman–Crippen LogP) is 2.00. The number of likely N-dealkylation sites (tertiary alicyclic amines) is 1. The van der Waals surface area contributed by atoms with E-state index in [1.807, 2.05) is 31.2 Å². The number of fused-ring (bicyclic) bond motifs is 2. The number of rotatable bonds is 11. The van der Waals surface area contributed by atoms with Crippen LogP contribution in [0.15, 0.2) is 49.6 Å². The van der Waals surface area contributed by atoms with Gasteiger partial charge in [0, 0.05) is 17.8 Å². The van der Waals surface area contributed by atoms with Crippen LogP contribution in [0.3, 0.4) is 0 Å². The lowest BCUT2D eigenvalue weighted by atomic mass is 9.66. The molecule has 0 radical (unpaired) electrons. The Morgan fingerprint density at radius 2 is 2.08 bits per heavy atom. The van der Waals surface area contributed by atoms with Gasteiger partial charge in [-0.3, -0.25) is 14.4 Å². The minimum atomic E-state index is -0.834. The van der Waals surface area contributed by atoms with Gasteiger partial charge in [-0.25, -0.2) is 4.68 Å². The minimum absolute atomic E-state index is 0.0111. The van der Waals surface area contributed by atoms with Gasteiger partial charge >= 0.3 is 5.97 Å². The van der Waals surface area contributed by atoms with Crippen molar-refractivity contribution in [2.75, 3.05) is 26.3 Å². The quantitative estimate of drug-likeness (QED) is 0.262. The van der Waals surface area contributed by atoms with Gasteiger partial charge in [-0.15, -0.1) is 30.0 Å². The Balaban J connectivity index is 1.50. The van der Waals surface area contributed by atoms with E-state index in [4.69, 9.17) is 4.74 Å². The van der Waals surface area contributed by atoms with Gasteiger partial charge in [0.15, 0.2) is 0 Å². The number of aliphatic hydroxyl groups excluding tert-OH is 1. The molecule has 11 heteroatoms. The lowest BCUT2D eigenvalue weighted by Crippen LogP contribution is -2.55. The van der Waals surface area contributed by atoms with E-state index >= 15 is 0 Å². The minimum Gasteiger partial charge on any atom is -0.465 e. The maximum atomic E-state index is 14.3. The fourth-order valence-corrected chi connectivity index (χ4v) is 8.81. The highest BCUT2D eigenvalue weighted by molar-refractivity contribution is 8.02. The number of carbonyl (C=O) groups excluding carboxylic acids is 3. The molecule has 5 rings (SSSR count). The van der Waals surface area contributed by atoms with Crippen LogP contribution in [0.2, 0.25) is 0 Å². The zero-order valence-corrected chi connectivity index (χ0v) is 22.3. The maximum absolute atomic E-state index is 14.3. The molecule has 1 aromatic heterocycles. The van der Waals surface area contributed by atoms with Crippen molar-refractivity contribution < 1.29 is 24.2 Å². The molecule has 0 aliphatic carbocycles. The van der Waals surface area contributed by atoms with Crippen molar-refractivity contribution in [3.8, 4) is 0 Å². The highest BCUT2D eigenvalue weighted by Gasteiger charge is 2.77. The van der Waals surface area contributed by atoms with Crippen molar-refractivity contribution in [2.45, 2.75) is 48.4 Å². The molecule has 202 valence electrons. The summed E-state index contributed by atoms with van der Waals surface area (Å²) in [6.07, 6.45) is 5.15. The number of benzene rings is 1. The summed E-state index contributed by atoms with van der Waals surface area (Å²) >= 11 is 1.57. The molecule has 5 atom stereocenters. The number of amides is 2. The SMILES string of the molecule is C=CCCOC(=O)[C@H]1[C@H]2C(=O)N(CCO)C(C(=O)N(CC=C)Cn3nnc4ccccc43)C23CC[C@]1(C)S3. The van der Waals surface area contributed by atoms with Gasteiger partial charge in [0.1, 0.15) is 18.2 Å². The van der Waals surface area contributed by atoms with Crippen LogP contribution >= 0.6 is 11.8 Å². The molecule has 2 bridgehead atoms. The molecule has 3 aliphatic heterocycles. The molecule has 3 fully saturated rings. The average molecular weight is 540 g/mol. The highest BCUT2D eigenvalue weighted by atomic mass is 32.2. The normalized spacial score (nSPS) is 29.5. The Morgan fingerprint density at radius 1 is 1.29 bits per heavy atom. The summed E-state index contributed by atoms with van der Waals surface area (Å²) in [5.41, 5.74) is 1.50. The first-order valence-electron chi connectivity index (χ1n) is 12.9. The van der Waals surface area contributed by atoms with Gasteiger partial charge < -0.3 is 19.6 Å². The van der Waals surface area contributed by atoms with Crippen LogP contribution in [0.4, 0.5) is 0 Å². The van der Waals surface area contributed by atoms with Crippen LogP contribution < -0.4 is 0 Å². The molecule has 0 saturated carbocycles. The first-order valence-corrected chi connectivity index (χ1v) is 13.7. The van der Waals surface area contributed by atoms with Gasteiger partial charge in [0.25, 0.3) is 0 Å². The zero-order valence-electron chi connectivity index (χ0n) is 21.5. The second-order valence-electron chi connectivity index (χ2n) is 10.3. The Hall–Kier alpha value is -3.18. The van der Waals surface area contributed by atoms with Crippen LogP contribution in [0.1, 0.15) is 26.2 Å². The largest absolute Gasteiger partial charge is 0.465 e. The molecule has 1 N–H and O–H groups in total. The van der Waals surface area contributed by atoms with E-state index in [1.165, 1.54) is 4.90 Å². The Kier molecular flexibility index (Phi) is 7.08. The van der Waals surface area contributed by atoms with Crippen molar-refractivity contribution in [1.29, 1.82) is 0 Å². The predicted molar refractivity (Wildman–Crippen MR) is 143 cm³/mol. The number of esters is 1. The van der Waals surface area contributed by atoms with Crippen molar-refractivity contribution in [2.24, 2.45) is 11.8 Å². The van der Waals surface area contributed by atoms with Crippen LogP contribution in [-0.2, 0) is 25.8 Å². The number of aromatic nitrogens is 3. The monoisotopic (exact) mass is 539 g/mol. The smallest absolute Gasteiger partial charge is 0.311 e. The van der Waals surface area contributed by atoms with E-state index in [2.05, 4.69) is 23.5 Å². The summed E-state index contributed by atoms with van der Waals surface area (Å²) in [4.78, 5) is 44.6. The molecule has 1 spiro atoms. The lowest BCUT2D eigenvalue weighted by molar-refractivity contribution is -0.155. The molecular formula is C27H33N5O5S. The summed E-state index contributed by atoms with van der Waals surface area (Å²) in [5.74, 6) is -2.30. The van der Waals surface area contributed by atoms with Crippen LogP contribution in [0.25, 0.3) is 11.0 Å². The first kappa shape index (κ1) is 26.4. The summed E-state index contributed by atoms with van der Waals surface area (Å²) < 4.78 is 5.91. The number of carbonyl (C=O) groups is 3. The molecule has 2 unspecified atom stereocenters. The molecular weight excluding hydrogens is 506 g/mol. The highest BCUT2D eigenvalue weighted by Crippen LogP contribution is 2.71. The van der Waals surface area contributed by atoms with Crippen molar-refractivity contribution in [1.82, 2.24) is 24.8 Å². The van der Waals surface area contributed by atoms with E-state index in [0.717, 1.165) is 5.52 Å². The topological polar surface area (TPSA) is 118 Å². The zero-order chi connectivity index (χ0) is 27.1. The summed E-state index contributed by atoms with van der Waals surface area (Å²) in [6, 6.07) is 6.66. The third kappa shape index (κ3) is 4.03. The van der Waals surface area contributed by atoms with Gasteiger partial charge in [-0.1, -0.05) is 29.5 Å². The molecule has 38 heavy (non-hydrogen) atoms. The second-order valence-corrected chi connectivity index (χ2v) is 12.2. The molecule has 2 amide bonds. The molecule has 3 aliphatic rings. The van der Waals surface area contributed by atoms with E-state index in [-0.39, 0.29) is 44.8 Å². The fourth-order valence-electron chi connectivity index (χ4n) is 6.47. The molecule has 1 aromatic carbocycles. The number of aliphatic hydroxyl groups is 1. The fraction of sp³-hybridized carbons (Fsp3) is 0.519. The van der Waals surface area contributed by atoms with E-state index in [9.17, 15) is 19.5 Å². The van der Waals surface area contributed by atoms with Crippen LogP contribution in [-0.4, -0.2) is 89.5 Å². The number of β-amino-alcohol motifs (C(OH)–C–C–N with tert-alkyl or cyclic N) is 1. The van der Waals surface area contributed by atoms with Crippen molar-refractivity contribution in [3.63, 3.8) is 0 Å².